The molecule has 1 fully saturated rings. The second-order valence-corrected chi connectivity index (χ2v) is 5.30. The van der Waals surface area contributed by atoms with Gasteiger partial charge in [0.2, 0.25) is 0 Å². The van der Waals surface area contributed by atoms with E-state index in [-0.39, 0.29) is 0 Å². The normalized spacial score (nSPS) is 18.6. The molecule has 0 radical (unpaired) electrons. The highest BCUT2D eigenvalue weighted by Gasteiger charge is 2.28. The summed E-state index contributed by atoms with van der Waals surface area (Å²) in [5.74, 6) is 0.944. The van der Waals surface area contributed by atoms with Gasteiger partial charge in [0.05, 0.1) is 11.9 Å². The molecule has 0 atom stereocenters. The van der Waals surface area contributed by atoms with Gasteiger partial charge in [-0.15, -0.1) is 0 Å². The van der Waals surface area contributed by atoms with Crippen LogP contribution in [0.25, 0.3) is 0 Å². The number of nitrogen functional groups attached to an aromatic ring is 1. The van der Waals surface area contributed by atoms with Crippen molar-refractivity contribution in [2.45, 2.75) is 39.5 Å². The summed E-state index contributed by atoms with van der Waals surface area (Å²) >= 11 is 0. The SMILES string of the molecule is Cc1cc(NCC2(C)CCCC2)ncc1N. The van der Waals surface area contributed by atoms with E-state index in [1.165, 1.54) is 25.7 Å². The number of aryl methyl sites for hydroxylation is 1. The second-order valence-electron chi connectivity index (χ2n) is 5.30. The maximum Gasteiger partial charge on any atom is 0.126 e. The van der Waals surface area contributed by atoms with Crippen LogP contribution in [0.1, 0.15) is 38.2 Å². The number of hydrogen-bond donors (Lipinski definition) is 2. The van der Waals surface area contributed by atoms with E-state index in [9.17, 15) is 0 Å². The summed E-state index contributed by atoms with van der Waals surface area (Å²) in [6.07, 6.45) is 7.12. The van der Waals surface area contributed by atoms with Crippen LogP contribution >= 0.6 is 0 Å². The Balaban J connectivity index is 1.96. The first-order valence-corrected chi connectivity index (χ1v) is 6.05. The maximum atomic E-state index is 5.74. The molecule has 1 aliphatic carbocycles. The third-order valence-electron chi connectivity index (χ3n) is 3.66. The topological polar surface area (TPSA) is 50.9 Å². The van der Waals surface area contributed by atoms with Crippen molar-refractivity contribution < 1.29 is 0 Å². The second kappa shape index (κ2) is 4.32. The predicted molar refractivity (Wildman–Crippen MR) is 68.5 cm³/mol. The lowest BCUT2D eigenvalue weighted by molar-refractivity contribution is 0.361. The molecule has 2 rings (SSSR count). The number of nitrogens with zero attached hydrogens (tertiary/aromatic N) is 1. The minimum absolute atomic E-state index is 0.455. The maximum absolute atomic E-state index is 5.74. The van der Waals surface area contributed by atoms with Crippen LogP contribution < -0.4 is 11.1 Å². The Kier molecular flexibility index (Phi) is 3.03. The van der Waals surface area contributed by atoms with Gasteiger partial charge in [-0.05, 0) is 36.8 Å². The monoisotopic (exact) mass is 219 g/mol. The fourth-order valence-corrected chi connectivity index (χ4v) is 2.37. The molecule has 0 spiro atoms. The van der Waals surface area contributed by atoms with E-state index in [1.807, 2.05) is 13.0 Å². The number of hydrogen-bond acceptors (Lipinski definition) is 3. The molecule has 1 heterocycles. The van der Waals surface area contributed by atoms with Gasteiger partial charge in [-0.1, -0.05) is 19.8 Å². The van der Waals surface area contributed by atoms with E-state index in [0.717, 1.165) is 23.6 Å². The summed E-state index contributed by atoms with van der Waals surface area (Å²) in [6.45, 7) is 5.39. The molecular weight excluding hydrogens is 198 g/mol. The predicted octanol–water partition coefficient (Wildman–Crippen LogP) is 2.96. The van der Waals surface area contributed by atoms with E-state index >= 15 is 0 Å². The van der Waals surface area contributed by atoms with Gasteiger partial charge in [0.25, 0.3) is 0 Å². The van der Waals surface area contributed by atoms with Gasteiger partial charge in [0.15, 0.2) is 0 Å². The molecule has 16 heavy (non-hydrogen) atoms. The van der Waals surface area contributed by atoms with Gasteiger partial charge in [-0.3, -0.25) is 0 Å². The molecule has 0 amide bonds. The first-order valence-electron chi connectivity index (χ1n) is 6.05. The van der Waals surface area contributed by atoms with Crippen molar-refractivity contribution in [1.82, 2.24) is 4.98 Å². The molecule has 3 N–H and O–H groups in total. The Morgan fingerprint density at radius 3 is 2.75 bits per heavy atom. The number of pyridine rings is 1. The molecule has 3 heteroatoms. The van der Waals surface area contributed by atoms with Crippen LogP contribution in [0, 0.1) is 12.3 Å². The molecule has 1 aromatic heterocycles. The lowest BCUT2D eigenvalue weighted by Crippen LogP contribution is -2.23. The van der Waals surface area contributed by atoms with E-state index in [1.54, 1.807) is 6.20 Å². The third-order valence-corrected chi connectivity index (χ3v) is 3.66. The first-order chi connectivity index (χ1) is 7.59. The number of nitrogens with two attached hydrogens (primary N) is 1. The van der Waals surface area contributed by atoms with Gasteiger partial charge in [0, 0.05) is 6.54 Å². The standard InChI is InChI=1S/C13H21N3/c1-10-7-12(15-8-11(10)14)16-9-13(2)5-3-4-6-13/h7-8H,3-6,9,14H2,1-2H3,(H,15,16). The average Bonchev–Trinajstić information content (AvgIpc) is 2.68. The van der Waals surface area contributed by atoms with Gasteiger partial charge in [-0.25, -0.2) is 4.98 Å². The quantitative estimate of drug-likeness (QED) is 0.821. The van der Waals surface area contributed by atoms with Crippen LogP contribution in [0.15, 0.2) is 12.3 Å². The van der Waals surface area contributed by atoms with Crippen LogP contribution in [-0.2, 0) is 0 Å². The van der Waals surface area contributed by atoms with Gasteiger partial charge < -0.3 is 11.1 Å². The van der Waals surface area contributed by atoms with Crippen LogP contribution in [0.4, 0.5) is 11.5 Å². The van der Waals surface area contributed by atoms with Crippen molar-refractivity contribution >= 4 is 11.5 Å². The highest BCUT2D eigenvalue weighted by atomic mass is 15.0. The number of aromatic nitrogens is 1. The number of nitrogens with one attached hydrogen (secondary N) is 1. The fourth-order valence-electron chi connectivity index (χ4n) is 2.37. The first kappa shape index (κ1) is 11.2. The minimum Gasteiger partial charge on any atom is -0.397 e. The largest absolute Gasteiger partial charge is 0.397 e. The Morgan fingerprint density at radius 2 is 2.12 bits per heavy atom. The molecule has 0 aromatic carbocycles. The summed E-state index contributed by atoms with van der Waals surface area (Å²) in [5, 5.41) is 3.43. The zero-order chi connectivity index (χ0) is 11.6. The summed E-state index contributed by atoms with van der Waals surface area (Å²) in [4.78, 5) is 4.30. The lowest BCUT2D eigenvalue weighted by atomic mass is 9.89. The molecule has 1 saturated carbocycles. The smallest absolute Gasteiger partial charge is 0.126 e. The van der Waals surface area contributed by atoms with Crippen LogP contribution in [0.5, 0.6) is 0 Å². The van der Waals surface area contributed by atoms with Crippen LogP contribution in [-0.4, -0.2) is 11.5 Å². The van der Waals surface area contributed by atoms with Crippen molar-refractivity contribution in [2.75, 3.05) is 17.6 Å². The highest BCUT2D eigenvalue weighted by Crippen LogP contribution is 2.37. The van der Waals surface area contributed by atoms with Gasteiger partial charge in [-0.2, -0.15) is 0 Å². The van der Waals surface area contributed by atoms with Crippen molar-refractivity contribution in [3.8, 4) is 0 Å². The Morgan fingerprint density at radius 1 is 1.44 bits per heavy atom. The summed E-state index contributed by atoms with van der Waals surface area (Å²) in [6, 6.07) is 2.02. The van der Waals surface area contributed by atoms with Crippen molar-refractivity contribution in [2.24, 2.45) is 5.41 Å². The molecule has 0 bridgehead atoms. The van der Waals surface area contributed by atoms with Gasteiger partial charge >= 0.3 is 0 Å². The minimum atomic E-state index is 0.455. The van der Waals surface area contributed by atoms with Crippen molar-refractivity contribution in [1.29, 1.82) is 0 Å². The molecule has 0 saturated heterocycles. The summed E-state index contributed by atoms with van der Waals surface area (Å²) < 4.78 is 0. The van der Waals surface area contributed by atoms with Crippen LogP contribution in [0.2, 0.25) is 0 Å². The zero-order valence-corrected chi connectivity index (χ0v) is 10.2. The summed E-state index contributed by atoms with van der Waals surface area (Å²) in [5.41, 5.74) is 8.05. The number of rotatable bonds is 3. The molecule has 3 nitrogen and oxygen atoms in total. The Labute approximate surface area is 97.5 Å². The molecule has 1 aliphatic rings. The summed E-state index contributed by atoms with van der Waals surface area (Å²) in [7, 11) is 0. The van der Waals surface area contributed by atoms with Gasteiger partial charge in [0.1, 0.15) is 5.82 Å². The molecule has 88 valence electrons. The molecule has 0 unspecified atom stereocenters. The fraction of sp³-hybridized carbons (Fsp3) is 0.615. The third kappa shape index (κ3) is 2.46. The van der Waals surface area contributed by atoms with Crippen LogP contribution in [0.3, 0.4) is 0 Å². The van der Waals surface area contributed by atoms with Crippen molar-refractivity contribution in [3.63, 3.8) is 0 Å². The number of anilines is 2. The molecule has 0 aliphatic heterocycles. The Bertz CT molecular complexity index is 367. The zero-order valence-electron chi connectivity index (χ0n) is 10.2. The molecule has 1 aromatic rings. The lowest BCUT2D eigenvalue weighted by Gasteiger charge is -2.24. The van der Waals surface area contributed by atoms with Crippen molar-refractivity contribution in [3.05, 3.63) is 17.8 Å². The Hall–Kier alpha value is -1.25. The van der Waals surface area contributed by atoms with E-state index < -0.39 is 0 Å². The van der Waals surface area contributed by atoms with E-state index in [2.05, 4.69) is 17.2 Å². The van der Waals surface area contributed by atoms with E-state index in [0.29, 0.717) is 5.41 Å². The van der Waals surface area contributed by atoms with E-state index in [4.69, 9.17) is 5.73 Å². The highest BCUT2D eigenvalue weighted by molar-refractivity contribution is 5.50. The average molecular weight is 219 g/mol. The molecular formula is C13H21N3.